The smallest absolute Gasteiger partial charge is 0.351 e. The van der Waals surface area contributed by atoms with Crippen molar-refractivity contribution < 1.29 is 28.4 Å². The van der Waals surface area contributed by atoms with E-state index in [0.717, 1.165) is 21.3 Å². The number of benzene rings is 3. The minimum atomic E-state index is -1.90. The molecule has 1 fully saturated rings. The van der Waals surface area contributed by atoms with Crippen LogP contribution in [0.4, 0.5) is 10.2 Å². The van der Waals surface area contributed by atoms with Gasteiger partial charge in [-0.15, -0.1) is 0 Å². The van der Waals surface area contributed by atoms with Crippen LogP contribution in [0.25, 0.3) is 0 Å². The van der Waals surface area contributed by atoms with Gasteiger partial charge in [-0.1, -0.05) is 54.6 Å². The molecule has 3 aromatic carbocycles. The molecule has 1 aliphatic rings. The van der Waals surface area contributed by atoms with Crippen molar-refractivity contribution >= 4 is 5.82 Å². The number of methoxy groups -OCH3 is 2. The van der Waals surface area contributed by atoms with Crippen LogP contribution in [0.5, 0.6) is 11.5 Å². The lowest BCUT2D eigenvalue weighted by molar-refractivity contribution is -0.0950. The largest absolute Gasteiger partial charge is 0.497 e. The number of aromatic nitrogens is 2. The molecule has 40 heavy (non-hydrogen) atoms. The summed E-state index contributed by atoms with van der Waals surface area (Å²) in [6.07, 6.45) is -4.65. The van der Waals surface area contributed by atoms with Crippen molar-refractivity contribution in [2.75, 3.05) is 26.6 Å². The van der Waals surface area contributed by atoms with E-state index < -0.39 is 35.9 Å². The van der Waals surface area contributed by atoms with Gasteiger partial charge in [0.25, 0.3) is 0 Å². The predicted molar refractivity (Wildman–Crippen MR) is 146 cm³/mol. The van der Waals surface area contributed by atoms with E-state index in [1.54, 1.807) is 14.2 Å². The van der Waals surface area contributed by atoms with E-state index in [2.05, 4.69) is 4.98 Å². The first-order valence-electron chi connectivity index (χ1n) is 12.7. The molecule has 0 saturated carbocycles. The molecule has 3 N–H and O–H groups in total. The van der Waals surface area contributed by atoms with E-state index >= 15 is 4.39 Å². The minimum Gasteiger partial charge on any atom is -0.497 e. The molecule has 208 valence electrons. The Hall–Kier alpha value is -4.25. The van der Waals surface area contributed by atoms with Crippen LogP contribution in [0.2, 0.25) is 0 Å². The van der Waals surface area contributed by atoms with Gasteiger partial charge >= 0.3 is 5.69 Å². The monoisotopic (exact) mass is 547 g/mol. The minimum absolute atomic E-state index is 0.00159. The molecular formula is C30H30FN3O6. The molecule has 4 atom stereocenters. The highest BCUT2D eigenvalue weighted by Crippen LogP contribution is 2.43. The van der Waals surface area contributed by atoms with Crippen LogP contribution < -0.4 is 20.9 Å². The number of hydrogen-bond acceptors (Lipinski definition) is 8. The average molecular weight is 548 g/mol. The van der Waals surface area contributed by atoms with Crippen LogP contribution in [0.1, 0.15) is 22.9 Å². The van der Waals surface area contributed by atoms with Gasteiger partial charge < -0.3 is 29.8 Å². The summed E-state index contributed by atoms with van der Waals surface area (Å²) in [5.74, 6) is 1.34. The molecule has 0 spiro atoms. The molecule has 4 aromatic rings. The van der Waals surface area contributed by atoms with Crippen LogP contribution in [0, 0.1) is 0 Å². The van der Waals surface area contributed by atoms with E-state index in [9.17, 15) is 9.90 Å². The maximum absolute atomic E-state index is 15.3. The molecule has 0 amide bonds. The Kier molecular flexibility index (Phi) is 7.83. The molecule has 2 heterocycles. The topological polar surface area (TPSA) is 118 Å². The Balaban J connectivity index is 1.55. The third-order valence-corrected chi connectivity index (χ3v) is 7.06. The number of ether oxygens (including phenoxy) is 4. The predicted octanol–water partition coefficient (Wildman–Crippen LogP) is 3.45. The summed E-state index contributed by atoms with van der Waals surface area (Å²) >= 11 is 0. The van der Waals surface area contributed by atoms with Crippen LogP contribution in [0.15, 0.2) is 95.9 Å². The maximum atomic E-state index is 15.3. The van der Waals surface area contributed by atoms with E-state index in [1.165, 1.54) is 12.3 Å². The lowest BCUT2D eigenvalue weighted by Crippen LogP contribution is -2.39. The average Bonchev–Trinajstić information content (AvgIpc) is 3.27. The highest BCUT2D eigenvalue weighted by molar-refractivity contribution is 5.49. The summed E-state index contributed by atoms with van der Waals surface area (Å²) in [7, 11) is 3.17. The third-order valence-electron chi connectivity index (χ3n) is 7.06. The first-order chi connectivity index (χ1) is 19.4. The van der Waals surface area contributed by atoms with Gasteiger partial charge in [-0.05, 0) is 47.0 Å². The second-order valence-electron chi connectivity index (χ2n) is 9.36. The summed E-state index contributed by atoms with van der Waals surface area (Å²) < 4.78 is 39.6. The summed E-state index contributed by atoms with van der Waals surface area (Å²) in [5.41, 5.74) is 5.93. The molecule has 0 aliphatic carbocycles. The maximum Gasteiger partial charge on any atom is 0.351 e. The summed E-state index contributed by atoms with van der Waals surface area (Å²) in [6.45, 7) is -0.206. The van der Waals surface area contributed by atoms with Crippen LogP contribution >= 0.6 is 0 Å². The molecule has 9 nitrogen and oxygen atoms in total. The number of hydrogen-bond donors (Lipinski definition) is 2. The van der Waals surface area contributed by atoms with Crippen molar-refractivity contribution in [1.29, 1.82) is 0 Å². The molecule has 1 aliphatic heterocycles. The number of aliphatic hydroxyl groups excluding tert-OH is 1. The van der Waals surface area contributed by atoms with Crippen molar-refractivity contribution in [2.45, 2.75) is 30.2 Å². The molecule has 0 radical (unpaired) electrons. The molecule has 0 bridgehead atoms. The van der Waals surface area contributed by atoms with Crippen LogP contribution in [-0.4, -0.2) is 53.9 Å². The Morgan fingerprint density at radius 1 is 0.925 bits per heavy atom. The van der Waals surface area contributed by atoms with Gasteiger partial charge in [0, 0.05) is 6.20 Å². The first kappa shape index (κ1) is 27.3. The van der Waals surface area contributed by atoms with E-state index in [0.29, 0.717) is 11.5 Å². The molecular weight excluding hydrogens is 517 g/mol. The number of halogens is 1. The van der Waals surface area contributed by atoms with E-state index in [-0.39, 0.29) is 12.4 Å². The number of nitrogen functional groups attached to an aromatic ring is 1. The zero-order chi connectivity index (χ0) is 28.3. The third kappa shape index (κ3) is 5.04. The molecule has 0 unspecified atom stereocenters. The van der Waals surface area contributed by atoms with Gasteiger partial charge in [0.1, 0.15) is 35.1 Å². The number of rotatable bonds is 9. The molecule has 1 aromatic heterocycles. The van der Waals surface area contributed by atoms with E-state index in [1.807, 2.05) is 78.9 Å². The summed E-state index contributed by atoms with van der Waals surface area (Å²) in [4.78, 5) is 16.0. The summed E-state index contributed by atoms with van der Waals surface area (Å²) in [5, 5.41) is 10.8. The Labute approximate surface area is 230 Å². The van der Waals surface area contributed by atoms with E-state index in [4.69, 9.17) is 24.7 Å². The Morgan fingerprint density at radius 3 is 2.00 bits per heavy atom. The number of nitrogens with two attached hydrogens (primary N) is 1. The van der Waals surface area contributed by atoms with Crippen molar-refractivity contribution in [1.82, 2.24) is 9.55 Å². The zero-order valence-corrected chi connectivity index (χ0v) is 22.0. The quantitative estimate of drug-likeness (QED) is 0.306. The van der Waals surface area contributed by atoms with Crippen molar-refractivity contribution in [2.24, 2.45) is 0 Å². The number of nitrogens with zero attached hydrogens (tertiary/aromatic N) is 2. The van der Waals surface area contributed by atoms with Gasteiger partial charge in [0.05, 0.1) is 20.8 Å². The lowest BCUT2D eigenvalue weighted by Gasteiger charge is -2.37. The van der Waals surface area contributed by atoms with Crippen LogP contribution in [0.3, 0.4) is 0 Å². The normalized spacial score (nSPS) is 20.8. The highest BCUT2D eigenvalue weighted by atomic mass is 19.1. The van der Waals surface area contributed by atoms with Crippen molar-refractivity contribution in [3.63, 3.8) is 0 Å². The summed E-state index contributed by atoms with van der Waals surface area (Å²) in [6, 6.07) is 25.8. The van der Waals surface area contributed by atoms with Gasteiger partial charge in [0.2, 0.25) is 0 Å². The highest BCUT2D eigenvalue weighted by Gasteiger charge is 2.47. The van der Waals surface area contributed by atoms with Crippen molar-refractivity contribution in [3.8, 4) is 11.5 Å². The Morgan fingerprint density at radius 2 is 1.48 bits per heavy atom. The first-order valence-corrected chi connectivity index (χ1v) is 12.7. The number of alkyl halides is 1. The van der Waals surface area contributed by atoms with Gasteiger partial charge in [-0.3, -0.25) is 4.57 Å². The fourth-order valence-corrected chi connectivity index (χ4v) is 4.97. The Bertz CT molecular complexity index is 1430. The van der Waals surface area contributed by atoms with Gasteiger partial charge in [0.15, 0.2) is 12.4 Å². The molecule has 5 rings (SSSR count). The molecule has 1 saturated heterocycles. The number of anilines is 1. The number of aliphatic hydroxyl groups is 1. The second kappa shape index (κ2) is 11.5. The molecule has 10 heteroatoms. The van der Waals surface area contributed by atoms with Gasteiger partial charge in [-0.25, -0.2) is 9.18 Å². The van der Waals surface area contributed by atoms with Crippen LogP contribution in [-0.2, 0) is 15.1 Å². The fraction of sp³-hybridized carbons (Fsp3) is 0.267. The fourth-order valence-electron chi connectivity index (χ4n) is 4.97. The SMILES string of the molecule is COc1ccc(C(OC[C@H]2O[C@@H](n3ccc(N)nc3=O)[C@H](F)[C@@H]2O)(c2ccccc2)c2ccc(OC)cc2)cc1. The van der Waals surface area contributed by atoms with Crippen molar-refractivity contribution in [3.05, 3.63) is 118 Å². The second-order valence-corrected chi connectivity index (χ2v) is 9.36. The standard InChI is InChI=1S/C30H30FN3O6/c1-37-22-12-8-20(9-13-22)30(19-6-4-3-5-7-19,21-10-14-23(38-2)15-11-21)39-18-24-27(35)26(31)28(40-24)34-17-16-25(32)33-29(34)36/h3-17,24,26-28,35H,18H2,1-2H3,(H2,32,33,36)/t24-,26-,27-,28-/m1/s1. The lowest BCUT2D eigenvalue weighted by atomic mass is 9.80. The van der Waals surface area contributed by atoms with Gasteiger partial charge in [-0.2, -0.15) is 4.98 Å². The zero-order valence-electron chi connectivity index (χ0n) is 22.0.